The number of amides is 1. The molecule has 0 saturated carbocycles. The van der Waals surface area contributed by atoms with Crippen LogP contribution in [-0.2, 0) is 17.9 Å². The van der Waals surface area contributed by atoms with Gasteiger partial charge in [-0.25, -0.2) is 4.98 Å². The fraction of sp³-hybridized carbons (Fsp3) is 0.417. The zero-order valence-electron chi connectivity index (χ0n) is 10.6. The van der Waals surface area contributed by atoms with Crippen LogP contribution in [0.15, 0.2) is 24.7 Å². The van der Waals surface area contributed by atoms with Crippen molar-refractivity contribution in [2.24, 2.45) is 5.92 Å². The van der Waals surface area contributed by atoms with Gasteiger partial charge < -0.3 is 10.3 Å². The van der Waals surface area contributed by atoms with Crippen LogP contribution in [-0.4, -0.2) is 25.7 Å². The van der Waals surface area contributed by atoms with Crippen LogP contribution < -0.4 is 5.32 Å². The highest BCUT2D eigenvalue weighted by Crippen LogP contribution is 2.02. The first kappa shape index (κ1) is 12.3. The van der Waals surface area contributed by atoms with Gasteiger partial charge in [-0.2, -0.15) is 5.10 Å². The van der Waals surface area contributed by atoms with Crippen LogP contribution >= 0.6 is 0 Å². The largest absolute Gasteiger partial charge is 0.349 e. The minimum atomic E-state index is -0.126. The van der Waals surface area contributed by atoms with Gasteiger partial charge in [-0.3, -0.25) is 9.48 Å². The number of aryl methyl sites for hydroxylation is 1. The molecular formula is C12H17N5O. The Morgan fingerprint density at radius 3 is 3.06 bits per heavy atom. The fourth-order valence-corrected chi connectivity index (χ4v) is 1.67. The Kier molecular flexibility index (Phi) is 3.76. The number of rotatable bonds is 5. The number of hydrogen-bond donors (Lipinski definition) is 2. The summed E-state index contributed by atoms with van der Waals surface area (Å²) < 4.78 is 1.78. The molecule has 0 spiro atoms. The van der Waals surface area contributed by atoms with Crippen LogP contribution in [0, 0.1) is 12.8 Å². The maximum atomic E-state index is 11.9. The first-order valence-corrected chi connectivity index (χ1v) is 5.91. The normalized spacial score (nSPS) is 12.3. The molecule has 96 valence electrons. The maximum absolute atomic E-state index is 11.9. The number of aromatic nitrogens is 4. The number of aromatic amines is 1. The summed E-state index contributed by atoms with van der Waals surface area (Å²) in [6, 6.07) is 1.92. The van der Waals surface area contributed by atoms with Gasteiger partial charge in [0, 0.05) is 18.6 Å². The number of imidazole rings is 1. The van der Waals surface area contributed by atoms with Gasteiger partial charge in [0.25, 0.3) is 0 Å². The van der Waals surface area contributed by atoms with Gasteiger partial charge in [0.1, 0.15) is 5.82 Å². The summed E-state index contributed by atoms with van der Waals surface area (Å²) in [5.41, 5.74) is 0.957. The van der Waals surface area contributed by atoms with Crippen LogP contribution in [0.25, 0.3) is 0 Å². The van der Waals surface area contributed by atoms with Gasteiger partial charge in [0.05, 0.1) is 24.7 Å². The molecule has 0 saturated heterocycles. The van der Waals surface area contributed by atoms with Crippen LogP contribution in [0.3, 0.4) is 0 Å². The third-order valence-corrected chi connectivity index (χ3v) is 2.67. The first-order valence-electron chi connectivity index (χ1n) is 5.91. The Hall–Kier alpha value is -2.11. The van der Waals surface area contributed by atoms with E-state index in [9.17, 15) is 4.79 Å². The molecule has 2 aromatic rings. The lowest BCUT2D eigenvalue weighted by Crippen LogP contribution is -2.31. The molecule has 0 fully saturated rings. The van der Waals surface area contributed by atoms with E-state index in [0.717, 1.165) is 11.5 Å². The molecule has 0 radical (unpaired) electrons. The second-order valence-corrected chi connectivity index (χ2v) is 4.33. The van der Waals surface area contributed by atoms with Gasteiger partial charge in [-0.05, 0) is 13.0 Å². The molecule has 1 atom stereocenters. The van der Waals surface area contributed by atoms with Crippen molar-refractivity contribution in [1.29, 1.82) is 0 Å². The zero-order chi connectivity index (χ0) is 13.0. The lowest BCUT2D eigenvalue weighted by Gasteiger charge is -2.11. The number of carbonyl (C=O) groups is 1. The lowest BCUT2D eigenvalue weighted by atomic mass is 10.1. The summed E-state index contributed by atoms with van der Waals surface area (Å²) in [6.45, 7) is 4.82. The van der Waals surface area contributed by atoms with Crippen molar-refractivity contribution >= 4 is 5.91 Å². The Morgan fingerprint density at radius 1 is 1.61 bits per heavy atom. The van der Waals surface area contributed by atoms with Crippen LogP contribution in [0.1, 0.15) is 18.4 Å². The van der Waals surface area contributed by atoms with E-state index >= 15 is 0 Å². The molecule has 0 bridgehead atoms. The molecule has 18 heavy (non-hydrogen) atoms. The Bertz CT molecular complexity index is 502. The molecule has 1 amide bonds. The molecule has 6 nitrogen and oxygen atoms in total. The smallest absolute Gasteiger partial charge is 0.225 e. The Balaban J connectivity index is 1.81. The van der Waals surface area contributed by atoms with Crippen molar-refractivity contribution in [1.82, 2.24) is 25.1 Å². The van der Waals surface area contributed by atoms with E-state index in [4.69, 9.17) is 0 Å². The van der Waals surface area contributed by atoms with Crippen molar-refractivity contribution in [3.63, 3.8) is 0 Å². The first-order chi connectivity index (χ1) is 8.65. The molecule has 0 aliphatic heterocycles. The maximum Gasteiger partial charge on any atom is 0.225 e. The lowest BCUT2D eigenvalue weighted by molar-refractivity contribution is -0.125. The predicted octanol–water partition coefficient (Wildman–Crippen LogP) is 0.867. The highest BCUT2D eigenvalue weighted by atomic mass is 16.1. The molecule has 1 unspecified atom stereocenters. The summed E-state index contributed by atoms with van der Waals surface area (Å²) in [7, 11) is 0. The van der Waals surface area contributed by atoms with E-state index in [-0.39, 0.29) is 11.8 Å². The SMILES string of the molecule is Cc1ccn(CC(C)C(=O)NCc2ncc[nH]2)n1. The topological polar surface area (TPSA) is 75.6 Å². The van der Waals surface area contributed by atoms with Crippen LogP contribution in [0.5, 0.6) is 0 Å². The Labute approximate surface area is 105 Å². The standard InChI is InChI=1S/C12H17N5O/c1-9(8-17-6-3-10(2)16-17)12(18)15-7-11-13-4-5-14-11/h3-6,9H,7-8H2,1-2H3,(H,13,14)(H,15,18). The molecule has 2 N–H and O–H groups in total. The van der Waals surface area contributed by atoms with Crippen LogP contribution in [0.4, 0.5) is 0 Å². The van der Waals surface area contributed by atoms with Crippen molar-refractivity contribution in [2.75, 3.05) is 0 Å². The molecule has 0 aliphatic rings. The van der Waals surface area contributed by atoms with Crippen molar-refractivity contribution in [3.05, 3.63) is 36.2 Å². The summed E-state index contributed by atoms with van der Waals surface area (Å²) in [6.07, 6.45) is 5.28. The minimum Gasteiger partial charge on any atom is -0.349 e. The quantitative estimate of drug-likeness (QED) is 0.823. The van der Waals surface area contributed by atoms with E-state index in [1.165, 1.54) is 0 Å². The number of hydrogen-bond acceptors (Lipinski definition) is 3. The summed E-state index contributed by atoms with van der Waals surface area (Å²) in [4.78, 5) is 18.8. The highest BCUT2D eigenvalue weighted by molar-refractivity contribution is 5.78. The molecule has 2 heterocycles. The van der Waals surface area contributed by atoms with E-state index in [2.05, 4.69) is 20.4 Å². The van der Waals surface area contributed by atoms with Crippen molar-refractivity contribution in [2.45, 2.75) is 26.9 Å². The molecule has 2 aromatic heterocycles. The monoisotopic (exact) mass is 247 g/mol. The van der Waals surface area contributed by atoms with Gasteiger partial charge >= 0.3 is 0 Å². The van der Waals surface area contributed by atoms with Gasteiger partial charge in [-0.1, -0.05) is 6.92 Å². The minimum absolute atomic E-state index is 0.000414. The molecule has 0 aliphatic carbocycles. The second-order valence-electron chi connectivity index (χ2n) is 4.33. The van der Waals surface area contributed by atoms with Gasteiger partial charge in [-0.15, -0.1) is 0 Å². The Morgan fingerprint density at radius 2 is 2.44 bits per heavy atom. The van der Waals surface area contributed by atoms with Gasteiger partial charge in [0.15, 0.2) is 0 Å². The van der Waals surface area contributed by atoms with E-state index in [0.29, 0.717) is 13.1 Å². The summed E-state index contributed by atoms with van der Waals surface area (Å²) in [5, 5.41) is 7.10. The number of carbonyl (C=O) groups excluding carboxylic acids is 1. The van der Waals surface area contributed by atoms with E-state index < -0.39 is 0 Å². The third-order valence-electron chi connectivity index (χ3n) is 2.67. The van der Waals surface area contributed by atoms with Crippen LogP contribution in [0.2, 0.25) is 0 Å². The molecule has 2 rings (SSSR count). The number of nitrogens with zero attached hydrogens (tertiary/aromatic N) is 3. The average Bonchev–Trinajstić information content (AvgIpc) is 2.97. The highest BCUT2D eigenvalue weighted by Gasteiger charge is 2.13. The predicted molar refractivity (Wildman–Crippen MR) is 66.6 cm³/mol. The van der Waals surface area contributed by atoms with Crippen molar-refractivity contribution < 1.29 is 4.79 Å². The molecule has 6 heteroatoms. The number of H-pyrrole nitrogens is 1. The van der Waals surface area contributed by atoms with E-state index in [1.54, 1.807) is 17.1 Å². The molecular weight excluding hydrogens is 230 g/mol. The molecule has 0 aromatic carbocycles. The fourth-order valence-electron chi connectivity index (χ4n) is 1.67. The van der Waals surface area contributed by atoms with Crippen molar-refractivity contribution in [3.8, 4) is 0 Å². The summed E-state index contributed by atoms with van der Waals surface area (Å²) in [5.74, 6) is 0.629. The zero-order valence-corrected chi connectivity index (χ0v) is 10.6. The summed E-state index contributed by atoms with van der Waals surface area (Å²) >= 11 is 0. The van der Waals surface area contributed by atoms with E-state index in [1.807, 2.05) is 26.1 Å². The van der Waals surface area contributed by atoms with Gasteiger partial charge in [0.2, 0.25) is 5.91 Å². The number of nitrogens with one attached hydrogen (secondary N) is 2. The second kappa shape index (κ2) is 5.48. The average molecular weight is 247 g/mol. The third kappa shape index (κ3) is 3.19.